The Bertz CT molecular complexity index is 714. The molecule has 6 heteroatoms. The molecular formula is C18H18ClNO3S. The Balaban J connectivity index is 1.76. The summed E-state index contributed by atoms with van der Waals surface area (Å²) in [6.07, 6.45) is 1.61. The van der Waals surface area contributed by atoms with Gasteiger partial charge in [-0.2, -0.15) is 11.3 Å². The lowest BCUT2D eigenvalue weighted by molar-refractivity contribution is -0.141. The molecule has 1 fully saturated rings. The maximum Gasteiger partial charge on any atom is 0.306 e. The van der Waals surface area contributed by atoms with Crippen molar-refractivity contribution < 1.29 is 14.7 Å². The van der Waals surface area contributed by atoms with E-state index in [-0.39, 0.29) is 17.9 Å². The summed E-state index contributed by atoms with van der Waals surface area (Å²) in [6, 6.07) is 9.15. The molecule has 1 aromatic carbocycles. The van der Waals surface area contributed by atoms with Crippen LogP contribution in [0.4, 0.5) is 0 Å². The molecule has 0 aliphatic heterocycles. The number of carboxylic acid groups (broad SMARTS) is 1. The Kier molecular flexibility index (Phi) is 5.21. The van der Waals surface area contributed by atoms with Crippen LogP contribution >= 0.6 is 22.9 Å². The molecule has 0 radical (unpaired) electrons. The first-order chi connectivity index (χ1) is 11.5. The smallest absolute Gasteiger partial charge is 0.306 e. The highest BCUT2D eigenvalue weighted by Crippen LogP contribution is 2.33. The van der Waals surface area contributed by atoms with Gasteiger partial charge in [0.2, 0.25) is 5.91 Å². The van der Waals surface area contributed by atoms with E-state index >= 15 is 0 Å². The van der Waals surface area contributed by atoms with Gasteiger partial charge < -0.3 is 10.4 Å². The van der Waals surface area contributed by atoms with Crippen LogP contribution in [0.25, 0.3) is 0 Å². The van der Waals surface area contributed by atoms with E-state index in [9.17, 15) is 9.59 Å². The summed E-state index contributed by atoms with van der Waals surface area (Å²) in [5.74, 6) is -1.53. The molecule has 1 aliphatic rings. The first kappa shape index (κ1) is 17.0. The Labute approximate surface area is 149 Å². The minimum absolute atomic E-state index is 0.0788. The van der Waals surface area contributed by atoms with Crippen molar-refractivity contribution >= 4 is 34.8 Å². The lowest BCUT2D eigenvalue weighted by Crippen LogP contribution is -2.33. The van der Waals surface area contributed by atoms with E-state index in [1.807, 2.05) is 29.0 Å². The second-order valence-electron chi connectivity index (χ2n) is 6.09. The van der Waals surface area contributed by atoms with E-state index in [0.29, 0.717) is 24.3 Å². The van der Waals surface area contributed by atoms with Crippen molar-refractivity contribution in [3.05, 3.63) is 57.2 Å². The predicted molar refractivity (Wildman–Crippen MR) is 94.2 cm³/mol. The monoisotopic (exact) mass is 363 g/mol. The summed E-state index contributed by atoms with van der Waals surface area (Å²) in [5, 5.41) is 16.8. The third-order valence-electron chi connectivity index (χ3n) is 4.52. The Hall–Kier alpha value is -1.85. The Morgan fingerprint density at radius 1 is 1.12 bits per heavy atom. The van der Waals surface area contributed by atoms with Crippen LogP contribution in [0.15, 0.2) is 41.1 Å². The van der Waals surface area contributed by atoms with E-state index in [1.165, 1.54) is 0 Å². The number of rotatable bonds is 5. The molecule has 3 atom stereocenters. The van der Waals surface area contributed by atoms with Gasteiger partial charge in [0, 0.05) is 10.9 Å². The normalized spacial score (nSPS) is 21.4. The van der Waals surface area contributed by atoms with Crippen LogP contribution < -0.4 is 5.32 Å². The minimum Gasteiger partial charge on any atom is -0.481 e. The van der Waals surface area contributed by atoms with Crippen molar-refractivity contribution in [1.82, 2.24) is 5.32 Å². The number of halogens is 1. The summed E-state index contributed by atoms with van der Waals surface area (Å²) < 4.78 is 0. The molecule has 3 rings (SSSR count). The molecule has 1 saturated carbocycles. The third kappa shape index (κ3) is 3.79. The summed E-state index contributed by atoms with van der Waals surface area (Å²) in [4.78, 5) is 23.7. The van der Waals surface area contributed by atoms with Crippen molar-refractivity contribution in [3.63, 3.8) is 0 Å². The molecule has 1 aliphatic carbocycles. The first-order valence-electron chi connectivity index (χ1n) is 7.85. The standard InChI is InChI=1S/C18H18ClNO3S/c19-15-5-3-11(4-6-15)16(14-7-8-24-10-14)20-17(21)12-1-2-13(9-12)18(22)23/h3-8,10,12-13,16H,1-2,9H2,(H,20,21)(H,22,23)/t12-,13+,16?/m0/s1. The van der Waals surface area contributed by atoms with Gasteiger partial charge in [0.1, 0.15) is 0 Å². The van der Waals surface area contributed by atoms with Gasteiger partial charge in [0.25, 0.3) is 0 Å². The third-order valence-corrected chi connectivity index (χ3v) is 5.47. The van der Waals surface area contributed by atoms with E-state index < -0.39 is 11.9 Å². The van der Waals surface area contributed by atoms with Crippen LogP contribution in [-0.2, 0) is 9.59 Å². The number of amides is 1. The molecule has 0 spiro atoms. The number of carbonyl (C=O) groups is 2. The second-order valence-corrected chi connectivity index (χ2v) is 7.31. The SMILES string of the molecule is O=C(O)[C@@H]1CC[C@H](C(=O)NC(c2ccc(Cl)cc2)c2ccsc2)C1. The van der Waals surface area contributed by atoms with E-state index in [2.05, 4.69) is 5.32 Å². The first-order valence-corrected chi connectivity index (χ1v) is 9.17. The largest absolute Gasteiger partial charge is 0.481 e. The lowest BCUT2D eigenvalue weighted by atomic mass is 9.99. The maximum absolute atomic E-state index is 12.6. The predicted octanol–water partition coefficient (Wildman–Crippen LogP) is 4.11. The topological polar surface area (TPSA) is 66.4 Å². The number of thiophene rings is 1. The summed E-state index contributed by atoms with van der Waals surface area (Å²) in [5.41, 5.74) is 1.97. The average molecular weight is 364 g/mol. The second kappa shape index (κ2) is 7.36. The molecule has 1 unspecified atom stereocenters. The minimum atomic E-state index is -0.808. The van der Waals surface area contributed by atoms with E-state index in [1.54, 1.807) is 23.5 Å². The van der Waals surface area contributed by atoms with Crippen molar-refractivity contribution in [2.24, 2.45) is 11.8 Å². The van der Waals surface area contributed by atoms with E-state index in [0.717, 1.165) is 11.1 Å². The van der Waals surface area contributed by atoms with Gasteiger partial charge in [-0.05, 0) is 59.3 Å². The van der Waals surface area contributed by atoms with Gasteiger partial charge in [-0.25, -0.2) is 0 Å². The maximum atomic E-state index is 12.6. The van der Waals surface area contributed by atoms with Crippen molar-refractivity contribution in [2.45, 2.75) is 25.3 Å². The van der Waals surface area contributed by atoms with Crippen molar-refractivity contribution in [3.8, 4) is 0 Å². The number of benzene rings is 1. The highest BCUT2D eigenvalue weighted by atomic mass is 35.5. The van der Waals surface area contributed by atoms with E-state index in [4.69, 9.17) is 16.7 Å². The van der Waals surface area contributed by atoms with Crippen LogP contribution in [-0.4, -0.2) is 17.0 Å². The number of nitrogens with one attached hydrogen (secondary N) is 1. The highest BCUT2D eigenvalue weighted by Gasteiger charge is 2.34. The summed E-state index contributed by atoms with van der Waals surface area (Å²) in [6.45, 7) is 0. The molecular weight excluding hydrogens is 346 g/mol. The molecule has 2 aromatic rings. The lowest BCUT2D eigenvalue weighted by Gasteiger charge is -2.21. The van der Waals surface area contributed by atoms with Gasteiger partial charge in [-0.1, -0.05) is 23.7 Å². The fourth-order valence-corrected chi connectivity index (χ4v) is 3.97. The summed E-state index contributed by atoms with van der Waals surface area (Å²) >= 11 is 7.53. The Morgan fingerprint density at radius 3 is 2.42 bits per heavy atom. The molecule has 1 heterocycles. The highest BCUT2D eigenvalue weighted by molar-refractivity contribution is 7.08. The van der Waals surface area contributed by atoms with Crippen LogP contribution in [0, 0.1) is 11.8 Å². The molecule has 1 amide bonds. The zero-order valence-electron chi connectivity index (χ0n) is 12.9. The molecule has 4 nitrogen and oxygen atoms in total. The van der Waals surface area contributed by atoms with Crippen LogP contribution in [0.3, 0.4) is 0 Å². The zero-order valence-corrected chi connectivity index (χ0v) is 14.5. The van der Waals surface area contributed by atoms with Crippen LogP contribution in [0.5, 0.6) is 0 Å². The Morgan fingerprint density at radius 2 is 1.83 bits per heavy atom. The van der Waals surface area contributed by atoms with Crippen molar-refractivity contribution in [2.75, 3.05) is 0 Å². The zero-order chi connectivity index (χ0) is 17.1. The molecule has 24 heavy (non-hydrogen) atoms. The molecule has 2 N–H and O–H groups in total. The number of carbonyl (C=O) groups excluding carboxylic acids is 1. The molecule has 0 bridgehead atoms. The van der Waals surface area contributed by atoms with Gasteiger partial charge in [-0.15, -0.1) is 0 Å². The van der Waals surface area contributed by atoms with Gasteiger partial charge >= 0.3 is 5.97 Å². The summed E-state index contributed by atoms with van der Waals surface area (Å²) in [7, 11) is 0. The molecule has 1 aromatic heterocycles. The van der Waals surface area contributed by atoms with Crippen LogP contribution in [0.2, 0.25) is 5.02 Å². The number of carboxylic acids is 1. The molecule has 0 saturated heterocycles. The number of hydrogen-bond acceptors (Lipinski definition) is 3. The number of aliphatic carboxylic acids is 1. The fourth-order valence-electron chi connectivity index (χ4n) is 3.16. The van der Waals surface area contributed by atoms with Crippen LogP contribution in [0.1, 0.15) is 36.4 Å². The fraction of sp³-hybridized carbons (Fsp3) is 0.333. The molecule has 126 valence electrons. The average Bonchev–Trinajstić information content (AvgIpc) is 3.25. The van der Waals surface area contributed by atoms with Gasteiger partial charge in [0.15, 0.2) is 0 Å². The quantitative estimate of drug-likeness (QED) is 0.840. The number of hydrogen-bond donors (Lipinski definition) is 2. The van der Waals surface area contributed by atoms with Gasteiger partial charge in [0.05, 0.1) is 12.0 Å². The van der Waals surface area contributed by atoms with Crippen molar-refractivity contribution in [1.29, 1.82) is 0 Å². The van der Waals surface area contributed by atoms with Gasteiger partial charge in [-0.3, -0.25) is 9.59 Å².